The lowest BCUT2D eigenvalue weighted by atomic mass is 9.87. The highest BCUT2D eigenvalue weighted by Gasteiger charge is 2.23. The average Bonchev–Trinajstić information content (AvgIpc) is 2.88. The Balaban J connectivity index is 1.61. The van der Waals surface area contributed by atoms with Crippen molar-refractivity contribution in [2.75, 3.05) is 23.7 Å². The summed E-state index contributed by atoms with van der Waals surface area (Å²) in [6.45, 7) is 11.5. The zero-order valence-electron chi connectivity index (χ0n) is 23.4. The van der Waals surface area contributed by atoms with Gasteiger partial charge in [-0.05, 0) is 64.8 Å². The molecule has 0 aliphatic carbocycles. The summed E-state index contributed by atoms with van der Waals surface area (Å²) in [5.74, 6) is 0.565. The van der Waals surface area contributed by atoms with Gasteiger partial charge in [-0.3, -0.25) is 9.10 Å². The number of aryl methyl sites for hydroxylation is 2. The number of carbonyl (C=O) groups is 1. The third-order valence-corrected chi connectivity index (χ3v) is 7.65. The van der Waals surface area contributed by atoms with Crippen molar-refractivity contribution < 1.29 is 17.9 Å². The first-order chi connectivity index (χ1) is 17.9. The van der Waals surface area contributed by atoms with Gasteiger partial charge < -0.3 is 10.1 Å². The molecule has 0 spiro atoms. The van der Waals surface area contributed by atoms with Crippen LogP contribution < -0.4 is 14.4 Å². The Morgan fingerprint density at radius 1 is 0.895 bits per heavy atom. The van der Waals surface area contributed by atoms with Crippen molar-refractivity contribution in [3.05, 3.63) is 94.5 Å². The summed E-state index contributed by atoms with van der Waals surface area (Å²) in [5, 5.41) is 2.88. The third kappa shape index (κ3) is 7.60. The quantitative estimate of drug-likeness (QED) is 0.310. The summed E-state index contributed by atoms with van der Waals surface area (Å²) in [5.41, 5.74) is 5.40. The van der Waals surface area contributed by atoms with Crippen molar-refractivity contribution in [3.8, 4) is 5.75 Å². The van der Waals surface area contributed by atoms with Gasteiger partial charge in [0.25, 0.3) is 5.91 Å². The lowest BCUT2D eigenvalue weighted by molar-refractivity contribution is 0.0947. The summed E-state index contributed by atoms with van der Waals surface area (Å²) in [6, 6.07) is 21.0. The highest BCUT2D eigenvalue weighted by atomic mass is 32.2. The molecule has 0 aliphatic heterocycles. The van der Waals surface area contributed by atoms with Crippen LogP contribution in [0.3, 0.4) is 0 Å². The number of anilines is 1. The van der Waals surface area contributed by atoms with E-state index in [9.17, 15) is 13.2 Å². The first-order valence-electron chi connectivity index (χ1n) is 13.1. The van der Waals surface area contributed by atoms with Gasteiger partial charge in [0.05, 0.1) is 25.0 Å². The molecule has 204 valence electrons. The monoisotopic (exact) mass is 536 g/mol. The van der Waals surface area contributed by atoms with Crippen molar-refractivity contribution in [1.29, 1.82) is 0 Å². The molecule has 0 aliphatic rings. The van der Waals surface area contributed by atoms with Crippen molar-refractivity contribution in [1.82, 2.24) is 5.32 Å². The largest absolute Gasteiger partial charge is 0.492 e. The molecule has 3 aromatic rings. The first kappa shape index (κ1) is 29.2. The van der Waals surface area contributed by atoms with E-state index >= 15 is 0 Å². The summed E-state index contributed by atoms with van der Waals surface area (Å²) < 4.78 is 32.8. The average molecular weight is 537 g/mol. The van der Waals surface area contributed by atoms with E-state index in [-0.39, 0.29) is 17.9 Å². The van der Waals surface area contributed by atoms with Crippen LogP contribution >= 0.6 is 0 Å². The van der Waals surface area contributed by atoms with Gasteiger partial charge in [-0.15, -0.1) is 0 Å². The van der Waals surface area contributed by atoms with Crippen LogP contribution in [-0.4, -0.2) is 33.7 Å². The maximum Gasteiger partial charge on any atom is 0.251 e. The topological polar surface area (TPSA) is 75.7 Å². The smallest absolute Gasteiger partial charge is 0.251 e. The van der Waals surface area contributed by atoms with Gasteiger partial charge >= 0.3 is 0 Å². The first-order valence-corrected chi connectivity index (χ1v) is 15.0. The minimum absolute atomic E-state index is 0.0869. The Morgan fingerprint density at radius 2 is 1.47 bits per heavy atom. The SMILES string of the molecule is CCc1cccc(CC)c1N(Cc1ccc(C(=O)NCCOc2ccc(C(C)(C)C)cc2)cc1)S(C)(=O)=O. The zero-order chi connectivity index (χ0) is 27.9. The fourth-order valence-corrected chi connectivity index (χ4v) is 5.26. The lowest BCUT2D eigenvalue weighted by Crippen LogP contribution is -2.31. The number of benzene rings is 3. The second kappa shape index (κ2) is 12.5. The number of nitrogens with zero attached hydrogens (tertiary/aromatic N) is 1. The molecule has 0 heterocycles. The van der Waals surface area contributed by atoms with Crippen LogP contribution in [0.25, 0.3) is 0 Å². The van der Waals surface area contributed by atoms with Crippen molar-refractivity contribution in [2.45, 2.75) is 59.4 Å². The summed E-state index contributed by atoms with van der Waals surface area (Å²) in [7, 11) is -3.52. The van der Waals surface area contributed by atoms with E-state index in [0.29, 0.717) is 18.7 Å². The van der Waals surface area contributed by atoms with E-state index < -0.39 is 10.0 Å². The standard InChI is InChI=1S/C31H40N2O4S/c1-7-24-10-9-11-25(8-2)29(24)33(38(6,35)36)22-23-12-14-26(15-13-23)30(34)32-20-21-37-28-18-16-27(17-19-28)31(3,4)5/h9-19H,7-8,20-22H2,1-6H3,(H,32,34). The fourth-order valence-electron chi connectivity index (χ4n) is 4.31. The molecule has 0 unspecified atom stereocenters. The van der Waals surface area contributed by atoms with Gasteiger partial charge in [0, 0.05) is 5.56 Å². The number of rotatable bonds is 11. The van der Waals surface area contributed by atoms with Gasteiger partial charge in [-0.25, -0.2) is 8.42 Å². The molecule has 7 heteroatoms. The van der Waals surface area contributed by atoms with Gasteiger partial charge in [-0.2, -0.15) is 0 Å². The lowest BCUT2D eigenvalue weighted by Gasteiger charge is -2.27. The Morgan fingerprint density at radius 3 is 1.97 bits per heavy atom. The van der Waals surface area contributed by atoms with Crippen LogP contribution in [0.2, 0.25) is 0 Å². The van der Waals surface area contributed by atoms with E-state index in [1.54, 1.807) is 24.3 Å². The molecule has 1 N–H and O–H groups in total. The zero-order valence-corrected chi connectivity index (χ0v) is 24.2. The summed E-state index contributed by atoms with van der Waals surface area (Å²) >= 11 is 0. The Hall–Kier alpha value is -3.32. The number of para-hydroxylation sites is 1. The van der Waals surface area contributed by atoms with Gasteiger partial charge in [-0.1, -0.05) is 77.1 Å². The van der Waals surface area contributed by atoms with Crippen LogP contribution in [0.4, 0.5) is 5.69 Å². The number of amides is 1. The van der Waals surface area contributed by atoms with Crippen LogP contribution in [0, 0.1) is 0 Å². The van der Waals surface area contributed by atoms with E-state index in [2.05, 4.69) is 38.2 Å². The predicted octanol–water partition coefficient (Wildman–Crippen LogP) is 5.88. The molecule has 0 aromatic heterocycles. The molecule has 0 saturated carbocycles. The van der Waals surface area contributed by atoms with Gasteiger partial charge in [0.1, 0.15) is 12.4 Å². The number of hydrogen-bond acceptors (Lipinski definition) is 4. The van der Waals surface area contributed by atoms with Gasteiger partial charge in [0.15, 0.2) is 0 Å². The second-order valence-corrected chi connectivity index (χ2v) is 12.4. The van der Waals surface area contributed by atoms with E-state index in [4.69, 9.17) is 4.74 Å². The molecular weight excluding hydrogens is 496 g/mol. The molecule has 0 radical (unpaired) electrons. The molecule has 1 amide bonds. The molecule has 0 fully saturated rings. The molecule has 38 heavy (non-hydrogen) atoms. The number of nitrogens with one attached hydrogen (secondary N) is 1. The van der Waals surface area contributed by atoms with Crippen molar-refractivity contribution >= 4 is 21.6 Å². The molecule has 0 atom stereocenters. The van der Waals surface area contributed by atoms with Crippen LogP contribution in [0.15, 0.2) is 66.7 Å². The molecule has 0 bridgehead atoms. The van der Waals surface area contributed by atoms with Crippen LogP contribution in [0.5, 0.6) is 5.75 Å². The number of sulfonamides is 1. The highest BCUT2D eigenvalue weighted by Crippen LogP contribution is 2.30. The number of ether oxygens (including phenoxy) is 1. The number of hydrogen-bond donors (Lipinski definition) is 1. The maximum absolute atomic E-state index is 12.8. The second-order valence-electron chi connectivity index (χ2n) is 10.5. The minimum Gasteiger partial charge on any atom is -0.492 e. The Kier molecular flexibility index (Phi) is 9.60. The summed E-state index contributed by atoms with van der Waals surface area (Å²) in [6.07, 6.45) is 2.71. The summed E-state index contributed by atoms with van der Waals surface area (Å²) in [4.78, 5) is 12.6. The normalized spacial score (nSPS) is 11.7. The van der Waals surface area contributed by atoms with Gasteiger partial charge in [0.2, 0.25) is 10.0 Å². The molecule has 6 nitrogen and oxygen atoms in total. The molecular formula is C31H40N2O4S. The molecule has 3 aromatic carbocycles. The number of carbonyl (C=O) groups excluding carboxylic acids is 1. The van der Waals surface area contributed by atoms with E-state index in [0.717, 1.165) is 41.0 Å². The predicted molar refractivity (Wildman–Crippen MR) is 156 cm³/mol. The maximum atomic E-state index is 12.8. The van der Waals surface area contributed by atoms with E-state index in [1.165, 1.54) is 16.1 Å². The van der Waals surface area contributed by atoms with Crippen LogP contribution in [0.1, 0.15) is 67.2 Å². The van der Waals surface area contributed by atoms with E-state index in [1.807, 2.05) is 44.2 Å². The Labute approximate surface area is 228 Å². The fraction of sp³-hybridized carbons (Fsp3) is 0.387. The molecule has 3 rings (SSSR count). The molecule has 0 saturated heterocycles. The van der Waals surface area contributed by atoms with Crippen LogP contribution in [-0.2, 0) is 34.8 Å². The van der Waals surface area contributed by atoms with Crippen molar-refractivity contribution in [3.63, 3.8) is 0 Å². The third-order valence-electron chi connectivity index (χ3n) is 6.53. The Bertz CT molecular complexity index is 1300. The minimum atomic E-state index is -3.52. The van der Waals surface area contributed by atoms with Crippen molar-refractivity contribution in [2.24, 2.45) is 0 Å². The highest BCUT2D eigenvalue weighted by molar-refractivity contribution is 7.92.